The van der Waals surface area contributed by atoms with Crippen LogP contribution in [0, 0.1) is 0 Å². The van der Waals surface area contributed by atoms with Gasteiger partial charge < -0.3 is 20.5 Å². The van der Waals surface area contributed by atoms with E-state index in [-0.39, 0.29) is 19.4 Å². The summed E-state index contributed by atoms with van der Waals surface area (Å²) in [5, 5.41) is 2.47. The van der Waals surface area contributed by atoms with E-state index in [1.807, 2.05) is 30.3 Å². The molecule has 0 unspecified atom stereocenters. The van der Waals surface area contributed by atoms with Crippen molar-refractivity contribution >= 4 is 18.0 Å². The average molecular weight is 336 g/mol. The molecule has 0 aliphatic rings. The summed E-state index contributed by atoms with van der Waals surface area (Å²) < 4.78 is 10.2. The molecule has 1 atom stereocenters. The third kappa shape index (κ3) is 8.77. The van der Waals surface area contributed by atoms with E-state index >= 15 is 0 Å². The highest BCUT2D eigenvalue weighted by Gasteiger charge is 2.23. The van der Waals surface area contributed by atoms with Crippen LogP contribution in [0.25, 0.3) is 0 Å². The molecule has 1 rings (SSSR count). The van der Waals surface area contributed by atoms with Crippen LogP contribution in [0.1, 0.15) is 39.2 Å². The summed E-state index contributed by atoms with van der Waals surface area (Å²) in [5.74, 6) is -1.17. The van der Waals surface area contributed by atoms with E-state index in [1.165, 1.54) is 0 Å². The van der Waals surface area contributed by atoms with Crippen LogP contribution in [0.3, 0.4) is 0 Å². The molecule has 2 amide bonds. The van der Waals surface area contributed by atoms with Gasteiger partial charge in [-0.05, 0) is 26.3 Å². The number of esters is 1. The van der Waals surface area contributed by atoms with E-state index in [0.29, 0.717) is 0 Å². The van der Waals surface area contributed by atoms with Crippen LogP contribution in [0.2, 0.25) is 0 Å². The Bertz CT molecular complexity index is 566. The maximum Gasteiger partial charge on any atom is 0.407 e. The summed E-state index contributed by atoms with van der Waals surface area (Å²) >= 11 is 0. The fourth-order valence-electron chi connectivity index (χ4n) is 1.89. The molecule has 0 heterocycles. The summed E-state index contributed by atoms with van der Waals surface area (Å²) in [6.07, 6.45) is -1.07. The third-order valence-electron chi connectivity index (χ3n) is 2.82. The Kier molecular flexibility index (Phi) is 7.23. The van der Waals surface area contributed by atoms with Crippen LogP contribution in [0.5, 0.6) is 0 Å². The van der Waals surface area contributed by atoms with Crippen LogP contribution in [0.4, 0.5) is 4.79 Å². The second-order valence-corrected chi connectivity index (χ2v) is 6.36. The Balaban J connectivity index is 2.53. The normalized spacial score (nSPS) is 12.1. The Morgan fingerprint density at radius 1 is 1.12 bits per heavy atom. The van der Waals surface area contributed by atoms with Gasteiger partial charge in [-0.2, -0.15) is 0 Å². The van der Waals surface area contributed by atoms with Gasteiger partial charge in [-0.15, -0.1) is 0 Å². The molecule has 1 aromatic rings. The molecule has 24 heavy (non-hydrogen) atoms. The van der Waals surface area contributed by atoms with Gasteiger partial charge in [-0.3, -0.25) is 9.59 Å². The fourth-order valence-corrected chi connectivity index (χ4v) is 1.89. The first-order chi connectivity index (χ1) is 11.2. The molecule has 0 aliphatic carbocycles. The fraction of sp³-hybridized carbons (Fsp3) is 0.471. The van der Waals surface area contributed by atoms with Gasteiger partial charge in [0.05, 0.1) is 12.5 Å². The number of carbonyl (C=O) groups excluding carboxylic acids is 3. The molecule has 3 N–H and O–H groups in total. The molecule has 0 saturated heterocycles. The summed E-state index contributed by atoms with van der Waals surface area (Å²) in [7, 11) is 0. The Morgan fingerprint density at radius 3 is 2.29 bits per heavy atom. The standard InChI is InChI=1S/C17H24N2O5/c1-17(2,3)24-16(22)19-13(9-14(18)20)10-15(21)23-11-12-7-5-4-6-8-12/h4-8,13H,9-11H2,1-3H3,(H2,18,20)(H,19,22)/t13-/m1/s1. The van der Waals surface area contributed by atoms with Crippen LogP contribution in [-0.2, 0) is 25.7 Å². The first-order valence-corrected chi connectivity index (χ1v) is 7.63. The van der Waals surface area contributed by atoms with Gasteiger partial charge >= 0.3 is 12.1 Å². The molecule has 1 aromatic carbocycles. The van der Waals surface area contributed by atoms with Crippen LogP contribution < -0.4 is 11.1 Å². The number of nitrogens with two attached hydrogens (primary N) is 1. The van der Waals surface area contributed by atoms with Gasteiger partial charge in [0.2, 0.25) is 5.91 Å². The third-order valence-corrected chi connectivity index (χ3v) is 2.82. The van der Waals surface area contributed by atoms with Gasteiger partial charge in [-0.25, -0.2) is 4.79 Å². The number of primary amides is 1. The highest BCUT2D eigenvalue weighted by atomic mass is 16.6. The first kappa shape index (κ1) is 19.5. The number of ether oxygens (including phenoxy) is 2. The van der Waals surface area contributed by atoms with E-state index < -0.39 is 29.6 Å². The summed E-state index contributed by atoms with van der Waals surface area (Å²) in [5.41, 5.74) is 5.31. The van der Waals surface area contributed by atoms with Crippen molar-refractivity contribution in [3.63, 3.8) is 0 Å². The lowest BCUT2D eigenvalue weighted by molar-refractivity contribution is -0.145. The van der Waals surface area contributed by atoms with Gasteiger partial charge in [0.1, 0.15) is 12.2 Å². The molecule has 7 heteroatoms. The van der Waals surface area contributed by atoms with E-state index in [9.17, 15) is 14.4 Å². The van der Waals surface area contributed by atoms with Crippen molar-refractivity contribution in [1.82, 2.24) is 5.32 Å². The molecule has 0 aliphatic heterocycles. The van der Waals surface area contributed by atoms with Crippen LogP contribution in [-0.4, -0.2) is 29.6 Å². The Hall–Kier alpha value is -2.57. The largest absolute Gasteiger partial charge is 0.461 e. The average Bonchev–Trinajstić information content (AvgIpc) is 2.43. The lowest BCUT2D eigenvalue weighted by Gasteiger charge is -2.22. The number of hydrogen-bond donors (Lipinski definition) is 2. The van der Waals surface area contributed by atoms with E-state index in [1.54, 1.807) is 20.8 Å². The number of carbonyl (C=O) groups is 3. The number of amides is 2. The molecule has 0 aromatic heterocycles. The number of hydrogen-bond acceptors (Lipinski definition) is 5. The van der Waals surface area contributed by atoms with Crippen molar-refractivity contribution in [3.05, 3.63) is 35.9 Å². The number of benzene rings is 1. The van der Waals surface area contributed by atoms with Gasteiger partial charge in [-0.1, -0.05) is 30.3 Å². The smallest absolute Gasteiger partial charge is 0.407 e. The summed E-state index contributed by atoms with van der Waals surface area (Å²) in [4.78, 5) is 34.8. The maximum absolute atomic E-state index is 11.9. The minimum absolute atomic E-state index is 0.120. The van der Waals surface area contributed by atoms with Gasteiger partial charge in [0.15, 0.2) is 0 Å². The van der Waals surface area contributed by atoms with E-state index in [2.05, 4.69) is 5.32 Å². The van der Waals surface area contributed by atoms with Crippen molar-refractivity contribution in [2.24, 2.45) is 5.73 Å². The predicted molar refractivity (Wildman–Crippen MR) is 87.8 cm³/mol. The van der Waals surface area contributed by atoms with Crippen LogP contribution >= 0.6 is 0 Å². The quantitative estimate of drug-likeness (QED) is 0.739. The zero-order valence-corrected chi connectivity index (χ0v) is 14.2. The zero-order chi connectivity index (χ0) is 18.2. The maximum atomic E-state index is 11.9. The second-order valence-electron chi connectivity index (χ2n) is 6.36. The van der Waals surface area contributed by atoms with Crippen LogP contribution in [0.15, 0.2) is 30.3 Å². The Morgan fingerprint density at radius 2 is 1.75 bits per heavy atom. The lowest BCUT2D eigenvalue weighted by atomic mass is 10.1. The molecule has 7 nitrogen and oxygen atoms in total. The molecule has 0 radical (unpaired) electrons. The number of alkyl carbamates (subject to hydrolysis) is 1. The van der Waals surface area contributed by atoms with E-state index in [0.717, 1.165) is 5.56 Å². The highest BCUT2D eigenvalue weighted by Crippen LogP contribution is 2.09. The molecular formula is C17H24N2O5. The second kappa shape index (κ2) is 8.90. The predicted octanol–water partition coefficient (Wildman–Crippen LogP) is 1.89. The molecule has 0 fully saturated rings. The summed E-state index contributed by atoms with van der Waals surface area (Å²) in [6, 6.07) is 8.41. The number of nitrogens with one attached hydrogen (secondary N) is 1. The highest BCUT2D eigenvalue weighted by molar-refractivity contribution is 5.78. The first-order valence-electron chi connectivity index (χ1n) is 7.63. The molecule has 0 spiro atoms. The SMILES string of the molecule is CC(C)(C)OC(=O)N[C@H](CC(N)=O)CC(=O)OCc1ccccc1. The van der Waals surface area contributed by atoms with Crippen molar-refractivity contribution in [1.29, 1.82) is 0 Å². The minimum Gasteiger partial charge on any atom is -0.461 e. The summed E-state index contributed by atoms with van der Waals surface area (Å²) in [6.45, 7) is 5.26. The molecule has 132 valence electrons. The van der Waals surface area contributed by atoms with Crippen molar-refractivity contribution < 1.29 is 23.9 Å². The van der Waals surface area contributed by atoms with Crippen molar-refractivity contribution in [3.8, 4) is 0 Å². The van der Waals surface area contributed by atoms with Gasteiger partial charge in [0.25, 0.3) is 0 Å². The van der Waals surface area contributed by atoms with E-state index in [4.69, 9.17) is 15.2 Å². The van der Waals surface area contributed by atoms with Crippen molar-refractivity contribution in [2.45, 2.75) is 51.9 Å². The molecule has 0 bridgehead atoms. The van der Waals surface area contributed by atoms with Crippen molar-refractivity contribution in [2.75, 3.05) is 0 Å². The molecule has 0 saturated carbocycles. The monoisotopic (exact) mass is 336 g/mol. The zero-order valence-electron chi connectivity index (χ0n) is 14.2. The minimum atomic E-state index is -0.777. The van der Waals surface area contributed by atoms with Gasteiger partial charge in [0, 0.05) is 6.42 Å². The number of rotatable bonds is 7. The topological polar surface area (TPSA) is 108 Å². The Labute approximate surface area is 141 Å². The molecular weight excluding hydrogens is 312 g/mol. The lowest BCUT2D eigenvalue weighted by Crippen LogP contribution is -2.42.